The highest BCUT2D eigenvalue weighted by molar-refractivity contribution is 5.78. The van der Waals surface area contributed by atoms with E-state index in [0.29, 0.717) is 13.0 Å². The fourth-order valence-corrected chi connectivity index (χ4v) is 3.13. The monoisotopic (exact) mass is 337 g/mol. The molecule has 3 aromatic rings. The summed E-state index contributed by atoms with van der Waals surface area (Å²) in [6.07, 6.45) is 0.293. The highest BCUT2D eigenvalue weighted by atomic mass is 16.2. The molecule has 1 heterocycles. The lowest BCUT2D eigenvalue weighted by Gasteiger charge is -2.25. The van der Waals surface area contributed by atoms with Gasteiger partial charge in [0.2, 0.25) is 5.91 Å². The van der Waals surface area contributed by atoms with Crippen molar-refractivity contribution in [1.29, 1.82) is 0 Å². The number of carbonyl (C=O) groups is 1. The molecule has 5 heteroatoms. The summed E-state index contributed by atoms with van der Waals surface area (Å²) in [4.78, 5) is 26.8. The zero-order valence-corrected chi connectivity index (χ0v) is 14.8. The summed E-state index contributed by atoms with van der Waals surface area (Å²) in [6, 6.07) is 17.6. The summed E-state index contributed by atoms with van der Waals surface area (Å²) < 4.78 is 3.30. The maximum Gasteiger partial charge on any atom is 0.328 e. The fraction of sp³-hybridized carbons (Fsp3) is 0.300. The van der Waals surface area contributed by atoms with Crippen LogP contribution in [0.5, 0.6) is 0 Å². The highest BCUT2D eigenvalue weighted by Gasteiger charge is 2.18. The molecule has 2 aromatic carbocycles. The van der Waals surface area contributed by atoms with Crippen molar-refractivity contribution in [3.63, 3.8) is 0 Å². The van der Waals surface area contributed by atoms with Gasteiger partial charge >= 0.3 is 5.69 Å². The molecule has 3 rings (SSSR count). The average Bonchev–Trinajstić information content (AvgIpc) is 2.90. The van der Waals surface area contributed by atoms with Crippen molar-refractivity contribution >= 4 is 16.9 Å². The third kappa shape index (κ3) is 3.22. The number of para-hydroxylation sites is 2. The summed E-state index contributed by atoms with van der Waals surface area (Å²) in [5, 5.41) is 0. The smallest absolute Gasteiger partial charge is 0.328 e. The number of fused-ring (bicyclic) bond motifs is 1. The Balaban J connectivity index is 1.75. The zero-order valence-electron chi connectivity index (χ0n) is 14.8. The van der Waals surface area contributed by atoms with Gasteiger partial charge in [0, 0.05) is 27.1 Å². The van der Waals surface area contributed by atoms with E-state index >= 15 is 0 Å². The van der Waals surface area contributed by atoms with E-state index in [0.717, 1.165) is 16.6 Å². The van der Waals surface area contributed by atoms with E-state index in [9.17, 15) is 9.59 Å². The molecule has 0 bridgehead atoms. The number of rotatable bonds is 5. The topological polar surface area (TPSA) is 47.2 Å². The predicted molar refractivity (Wildman–Crippen MR) is 99.4 cm³/mol. The Morgan fingerprint density at radius 1 is 1.04 bits per heavy atom. The van der Waals surface area contributed by atoms with Crippen molar-refractivity contribution in [2.75, 3.05) is 7.05 Å². The second-order valence-corrected chi connectivity index (χ2v) is 6.32. The molecule has 0 spiro atoms. The van der Waals surface area contributed by atoms with Crippen molar-refractivity contribution in [3.8, 4) is 0 Å². The van der Waals surface area contributed by atoms with Gasteiger partial charge in [0.1, 0.15) is 0 Å². The van der Waals surface area contributed by atoms with Crippen LogP contribution in [0.25, 0.3) is 11.0 Å². The fourth-order valence-electron chi connectivity index (χ4n) is 3.13. The van der Waals surface area contributed by atoms with Gasteiger partial charge in [-0.3, -0.25) is 13.9 Å². The summed E-state index contributed by atoms with van der Waals surface area (Å²) in [6.45, 7) is 2.39. The summed E-state index contributed by atoms with van der Waals surface area (Å²) in [7, 11) is 3.57. The Morgan fingerprint density at radius 2 is 1.64 bits per heavy atom. The molecule has 0 saturated heterocycles. The van der Waals surface area contributed by atoms with E-state index in [2.05, 4.69) is 0 Å². The molecule has 5 nitrogen and oxygen atoms in total. The molecule has 0 aliphatic carbocycles. The zero-order chi connectivity index (χ0) is 18.0. The van der Waals surface area contributed by atoms with Crippen LogP contribution in [0.15, 0.2) is 59.4 Å². The van der Waals surface area contributed by atoms with Gasteiger partial charge < -0.3 is 4.90 Å². The molecule has 1 aromatic heterocycles. The third-order valence-corrected chi connectivity index (χ3v) is 4.86. The predicted octanol–water partition coefficient (Wildman–Crippen LogP) is 2.95. The van der Waals surface area contributed by atoms with Crippen LogP contribution in [-0.2, 0) is 18.4 Å². The molecule has 0 fully saturated rings. The second-order valence-electron chi connectivity index (χ2n) is 6.32. The number of hydrogen-bond acceptors (Lipinski definition) is 2. The van der Waals surface area contributed by atoms with Crippen LogP contribution in [0.1, 0.15) is 24.9 Å². The highest BCUT2D eigenvalue weighted by Crippen LogP contribution is 2.19. The van der Waals surface area contributed by atoms with E-state index in [-0.39, 0.29) is 17.6 Å². The molecule has 1 atom stereocenters. The number of benzene rings is 2. The first-order valence-corrected chi connectivity index (χ1v) is 8.45. The number of imidazole rings is 1. The van der Waals surface area contributed by atoms with Gasteiger partial charge in [0.05, 0.1) is 17.1 Å². The van der Waals surface area contributed by atoms with Crippen LogP contribution < -0.4 is 5.69 Å². The van der Waals surface area contributed by atoms with Gasteiger partial charge in [-0.15, -0.1) is 0 Å². The van der Waals surface area contributed by atoms with Gasteiger partial charge in [-0.2, -0.15) is 0 Å². The SMILES string of the molecule is C[C@@H](c1ccccc1)N(C)C(=O)CCn1c(=O)n(C)c2ccccc21. The Morgan fingerprint density at radius 3 is 2.32 bits per heavy atom. The van der Waals surface area contributed by atoms with Crippen LogP contribution in [-0.4, -0.2) is 27.0 Å². The first-order valence-electron chi connectivity index (χ1n) is 8.45. The summed E-state index contributed by atoms with van der Waals surface area (Å²) in [5.74, 6) is 0.0242. The summed E-state index contributed by atoms with van der Waals surface area (Å²) >= 11 is 0. The first kappa shape index (κ1) is 17.0. The average molecular weight is 337 g/mol. The maximum absolute atomic E-state index is 12.6. The lowest BCUT2D eigenvalue weighted by Crippen LogP contribution is -2.31. The number of amides is 1. The minimum Gasteiger partial charge on any atom is -0.339 e. The molecule has 0 saturated carbocycles. The van der Waals surface area contributed by atoms with Crippen LogP contribution in [0.2, 0.25) is 0 Å². The largest absolute Gasteiger partial charge is 0.339 e. The number of aryl methyl sites for hydroxylation is 2. The molecule has 25 heavy (non-hydrogen) atoms. The van der Waals surface area contributed by atoms with Crippen LogP contribution in [0.3, 0.4) is 0 Å². The van der Waals surface area contributed by atoms with E-state index < -0.39 is 0 Å². The Kier molecular flexibility index (Phi) is 4.74. The molecular weight excluding hydrogens is 314 g/mol. The molecule has 0 aliphatic heterocycles. The molecule has 0 aliphatic rings. The molecule has 1 amide bonds. The van der Waals surface area contributed by atoms with Gasteiger partial charge in [-0.25, -0.2) is 4.79 Å². The normalized spacial score (nSPS) is 12.3. The van der Waals surface area contributed by atoms with E-state index in [4.69, 9.17) is 0 Å². The van der Waals surface area contributed by atoms with Crippen molar-refractivity contribution in [3.05, 3.63) is 70.6 Å². The van der Waals surface area contributed by atoms with Crippen molar-refractivity contribution in [2.24, 2.45) is 7.05 Å². The molecule has 0 N–H and O–H groups in total. The molecule has 130 valence electrons. The molecular formula is C20H23N3O2. The van der Waals surface area contributed by atoms with Crippen LogP contribution >= 0.6 is 0 Å². The van der Waals surface area contributed by atoms with E-state index in [1.54, 1.807) is 21.1 Å². The van der Waals surface area contributed by atoms with Gasteiger partial charge in [0.15, 0.2) is 0 Å². The second kappa shape index (κ2) is 6.97. The lowest BCUT2D eigenvalue weighted by molar-refractivity contribution is -0.132. The van der Waals surface area contributed by atoms with E-state index in [1.807, 2.05) is 68.6 Å². The van der Waals surface area contributed by atoms with Crippen molar-refractivity contribution in [1.82, 2.24) is 14.0 Å². The number of carbonyl (C=O) groups excluding carboxylic acids is 1. The minimum absolute atomic E-state index is 0.00191. The van der Waals surface area contributed by atoms with Crippen LogP contribution in [0.4, 0.5) is 0 Å². The Hall–Kier alpha value is -2.82. The molecule has 0 radical (unpaired) electrons. The standard InChI is InChI=1S/C20H23N3O2/c1-15(16-9-5-4-6-10-16)21(2)19(24)13-14-23-18-12-8-7-11-17(18)22(3)20(23)25/h4-12,15H,13-14H2,1-3H3/t15-/m0/s1. The third-order valence-electron chi connectivity index (χ3n) is 4.86. The van der Waals surface area contributed by atoms with Crippen LogP contribution in [0, 0.1) is 0 Å². The minimum atomic E-state index is -0.0900. The number of aromatic nitrogens is 2. The Bertz CT molecular complexity index is 940. The van der Waals surface area contributed by atoms with Crippen molar-refractivity contribution < 1.29 is 4.79 Å². The Labute approximate surface area is 147 Å². The quantitative estimate of drug-likeness (QED) is 0.719. The van der Waals surface area contributed by atoms with Gasteiger partial charge in [-0.05, 0) is 24.6 Å². The lowest BCUT2D eigenvalue weighted by atomic mass is 10.1. The number of nitrogens with zero attached hydrogens (tertiary/aromatic N) is 3. The van der Waals surface area contributed by atoms with Crippen molar-refractivity contribution in [2.45, 2.75) is 25.9 Å². The molecule has 0 unspecified atom stereocenters. The maximum atomic E-state index is 12.6. The number of hydrogen-bond donors (Lipinski definition) is 0. The van der Waals surface area contributed by atoms with Gasteiger partial charge in [0.25, 0.3) is 0 Å². The first-order chi connectivity index (χ1) is 12.0. The summed E-state index contributed by atoms with van der Waals surface area (Å²) in [5.41, 5.74) is 2.75. The van der Waals surface area contributed by atoms with Gasteiger partial charge in [-0.1, -0.05) is 42.5 Å². The van der Waals surface area contributed by atoms with E-state index in [1.165, 1.54) is 0 Å².